The normalized spacial score (nSPS) is 14.4. The van der Waals surface area contributed by atoms with Crippen molar-refractivity contribution in [2.24, 2.45) is 4.99 Å². The summed E-state index contributed by atoms with van der Waals surface area (Å²) in [5.74, 6) is 0.0399. The molecule has 1 N–H and O–H groups in total. The number of benzene rings is 3. The second kappa shape index (κ2) is 11.6. The number of thioether (sulfide) groups is 1. The number of ether oxygens (including phenoxy) is 1. The SMILES string of the molecule is Cc1ccc(N(C)C)c(N2C(=O)CS/C2=N\C(=O)Nc2ccc(-c3ncn(-c4ccc(OC(F)(F)F)cc4)n3)cc2)c1. The average molecular weight is 596 g/mol. The first-order valence-electron chi connectivity index (χ1n) is 12.5. The van der Waals surface area contributed by atoms with Crippen molar-refractivity contribution in [1.29, 1.82) is 0 Å². The van der Waals surface area contributed by atoms with Gasteiger partial charge in [0.1, 0.15) is 12.1 Å². The zero-order valence-corrected chi connectivity index (χ0v) is 23.4. The van der Waals surface area contributed by atoms with E-state index in [1.807, 2.05) is 44.1 Å². The Hall–Kier alpha value is -4.85. The number of carbonyl (C=O) groups excluding carboxylic acids is 2. The van der Waals surface area contributed by atoms with Crippen LogP contribution in [-0.4, -0.2) is 58.1 Å². The maximum Gasteiger partial charge on any atom is 0.573 e. The van der Waals surface area contributed by atoms with E-state index < -0.39 is 12.4 Å². The molecule has 5 rings (SSSR count). The summed E-state index contributed by atoms with van der Waals surface area (Å²) in [6, 6.07) is 17.1. The molecule has 3 aromatic carbocycles. The number of hydrogen-bond donors (Lipinski definition) is 1. The number of urea groups is 1. The molecule has 3 amide bonds. The molecule has 0 radical (unpaired) electrons. The molecule has 42 heavy (non-hydrogen) atoms. The Bertz CT molecular complexity index is 1650. The van der Waals surface area contributed by atoms with Crippen LogP contribution >= 0.6 is 11.8 Å². The number of carbonyl (C=O) groups is 2. The summed E-state index contributed by atoms with van der Waals surface area (Å²) in [5.41, 5.74) is 4.06. The van der Waals surface area contributed by atoms with E-state index in [9.17, 15) is 22.8 Å². The highest BCUT2D eigenvalue weighted by Crippen LogP contribution is 2.35. The van der Waals surface area contributed by atoms with E-state index in [1.54, 1.807) is 24.3 Å². The van der Waals surface area contributed by atoms with E-state index in [-0.39, 0.29) is 22.6 Å². The smallest absolute Gasteiger partial charge is 0.406 e. The van der Waals surface area contributed by atoms with Crippen LogP contribution in [-0.2, 0) is 4.79 Å². The third-order valence-electron chi connectivity index (χ3n) is 6.04. The van der Waals surface area contributed by atoms with E-state index in [4.69, 9.17) is 0 Å². The van der Waals surface area contributed by atoms with Gasteiger partial charge >= 0.3 is 12.4 Å². The van der Waals surface area contributed by atoms with Gasteiger partial charge in [0.2, 0.25) is 5.91 Å². The molecule has 0 unspecified atom stereocenters. The molecule has 4 aromatic rings. The third-order valence-corrected chi connectivity index (χ3v) is 6.96. The number of aromatic nitrogens is 3. The second-order valence-electron chi connectivity index (χ2n) is 9.36. The molecule has 1 aliphatic rings. The fraction of sp³-hybridized carbons (Fsp3) is 0.179. The van der Waals surface area contributed by atoms with Gasteiger partial charge in [0.25, 0.3) is 0 Å². The molecular formula is C28H24F3N7O3S. The summed E-state index contributed by atoms with van der Waals surface area (Å²) in [6.45, 7) is 1.93. The minimum Gasteiger partial charge on any atom is -0.406 e. The lowest BCUT2D eigenvalue weighted by molar-refractivity contribution is -0.274. The molecule has 0 spiro atoms. The van der Waals surface area contributed by atoms with Crippen molar-refractivity contribution in [3.63, 3.8) is 0 Å². The van der Waals surface area contributed by atoms with Crippen molar-refractivity contribution in [3.8, 4) is 22.8 Å². The van der Waals surface area contributed by atoms with Crippen molar-refractivity contribution in [3.05, 3.63) is 78.6 Å². The van der Waals surface area contributed by atoms with Crippen molar-refractivity contribution in [2.45, 2.75) is 13.3 Å². The van der Waals surface area contributed by atoms with Crippen LogP contribution in [0.4, 0.5) is 35.0 Å². The van der Waals surface area contributed by atoms with Gasteiger partial charge in [-0.2, -0.15) is 4.99 Å². The number of nitrogens with one attached hydrogen (secondary N) is 1. The minimum absolute atomic E-state index is 0.165. The lowest BCUT2D eigenvalue weighted by Gasteiger charge is -2.24. The van der Waals surface area contributed by atoms with Gasteiger partial charge in [0.15, 0.2) is 11.0 Å². The predicted molar refractivity (Wildman–Crippen MR) is 155 cm³/mol. The van der Waals surface area contributed by atoms with Crippen LogP contribution in [0.3, 0.4) is 0 Å². The van der Waals surface area contributed by atoms with E-state index in [2.05, 4.69) is 25.1 Å². The van der Waals surface area contributed by atoms with Crippen LogP contribution < -0.4 is 19.9 Å². The number of amidine groups is 1. The van der Waals surface area contributed by atoms with Gasteiger partial charge in [0, 0.05) is 25.3 Å². The number of rotatable bonds is 6. The number of amides is 3. The molecule has 0 saturated carbocycles. The molecule has 0 atom stereocenters. The van der Waals surface area contributed by atoms with Gasteiger partial charge in [-0.15, -0.1) is 18.3 Å². The molecular weight excluding hydrogens is 571 g/mol. The molecule has 1 aromatic heterocycles. The van der Waals surface area contributed by atoms with Gasteiger partial charge in [0.05, 0.1) is 22.8 Å². The predicted octanol–water partition coefficient (Wildman–Crippen LogP) is 5.88. The molecule has 10 nitrogen and oxygen atoms in total. The molecule has 0 aliphatic carbocycles. The van der Waals surface area contributed by atoms with Gasteiger partial charge in [-0.1, -0.05) is 17.8 Å². The van der Waals surface area contributed by atoms with Crippen molar-refractivity contribution >= 4 is 45.9 Å². The lowest BCUT2D eigenvalue weighted by atomic mass is 10.1. The minimum atomic E-state index is -4.77. The van der Waals surface area contributed by atoms with E-state index in [0.29, 0.717) is 28.5 Å². The maximum absolute atomic E-state index is 12.8. The molecule has 1 fully saturated rings. The van der Waals surface area contributed by atoms with Crippen LogP contribution in [0.15, 0.2) is 78.0 Å². The van der Waals surface area contributed by atoms with Crippen LogP contribution in [0.25, 0.3) is 17.1 Å². The molecule has 14 heteroatoms. The molecule has 1 saturated heterocycles. The van der Waals surface area contributed by atoms with Crippen molar-refractivity contribution < 1.29 is 27.5 Å². The number of halogens is 3. The summed E-state index contributed by atoms with van der Waals surface area (Å²) in [4.78, 5) is 37.3. The van der Waals surface area contributed by atoms with Gasteiger partial charge < -0.3 is 15.0 Å². The Morgan fingerprint density at radius 3 is 2.45 bits per heavy atom. The number of hydrogen-bond acceptors (Lipinski definition) is 7. The molecule has 216 valence electrons. The first kappa shape index (κ1) is 28.7. The number of nitrogens with zero attached hydrogens (tertiary/aromatic N) is 6. The summed E-state index contributed by atoms with van der Waals surface area (Å²) in [5, 5.41) is 7.37. The second-order valence-corrected chi connectivity index (χ2v) is 10.3. The maximum atomic E-state index is 12.8. The van der Waals surface area contributed by atoms with E-state index in [0.717, 1.165) is 11.3 Å². The van der Waals surface area contributed by atoms with Gasteiger partial charge in [-0.05, 0) is 73.2 Å². The Morgan fingerprint density at radius 2 is 1.79 bits per heavy atom. The largest absolute Gasteiger partial charge is 0.573 e. The van der Waals surface area contributed by atoms with Crippen molar-refractivity contribution in [2.75, 3.05) is 35.0 Å². The highest BCUT2D eigenvalue weighted by atomic mass is 32.2. The Morgan fingerprint density at radius 1 is 1.07 bits per heavy atom. The number of alkyl halides is 3. The Kier molecular flexibility index (Phi) is 7.89. The highest BCUT2D eigenvalue weighted by molar-refractivity contribution is 8.15. The zero-order valence-electron chi connectivity index (χ0n) is 22.6. The zero-order chi connectivity index (χ0) is 30.0. The fourth-order valence-electron chi connectivity index (χ4n) is 4.13. The van der Waals surface area contributed by atoms with Gasteiger partial charge in [-0.25, -0.2) is 14.5 Å². The topological polar surface area (TPSA) is 105 Å². The molecule has 0 bridgehead atoms. The fourth-order valence-corrected chi connectivity index (χ4v) is 4.99. The average Bonchev–Trinajstić information content (AvgIpc) is 3.55. The summed E-state index contributed by atoms with van der Waals surface area (Å²) < 4.78 is 42.5. The number of aryl methyl sites for hydroxylation is 1. The molecule has 1 aliphatic heterocycles. The first-order valence-corrected chi connectivity index (χ1v) is 13.5. The lowest BCUT2D eigenvalue weighted by Crippen LogP contribution is -2.31. The van der Waals surface area contributed by atoms with Gasteiger partial charge in [-0.3, -0.25) is 9.69 Å². The number of anilines is 3. The van der Waals surface area contributed by atoms with Crippen LogP contribution in [0.5, 0.6) is 5.75 Å². The van der Waals surface area contributed by atoms with Crippen molar-refractivity contribution in [1.82, 2.24) is 14.8 Å². The van der Waals surface area contributed by atoms with E-state index in [1.165, 1.54) is 51.9 Å². The Labute approximate surface area is 242 Å². The van der Waals surface area contributed by atoms with Crippen LogP contribution in [0.2, 0.25) is 0 Å². The third kappa shape index (κ3) is 6.54. The molecule has 2 heterocycles. The standard InChI is InChI=1S/C28H24F3N7O3S/c1-17-4-13-22(36(2)3)23(14-17)38-24(39)15-42-27(38)34-26(40)33-19-7-5-18(6-8-19)25-32-16-37(35-25)20-9-11-21(12-10-20)41-28(29,30)31/h4-14,16H,15H2,1-3H3,(H,33,40)/b34-27-. The summed E-state index contributed by atoms with van der Waals surface area (Å²) >= 11 is 1.19. The summed E-state index contributed by atoms with van der Waals surface area (Å²) in [7, 11) is 3.76. The quantitative estimate of drug-likeness (QED) is 0.297. The summed E-state index contributed by atoms with van der Waals surface area (Å²) in [6.07, 6.45) is -3.34. The monoisotopic (exact) mass is 595 g/mol. The van der Waals surface area contributed by atoms with Crippen LogP contribution in [0.1, 0.15) is 5.56 Å². The van der Waals surface area contributed by atoms with Crippen LogP contribution in [0, 0.1) is 6.92 Å². The Balaban J connectivity index is 1.27. The number of aliphatic imine (C=N–C) groups is 1. The highest BCUT2D eigenvalue weighted by Gasteiger charge is 2.33. The first-order chi connectivity index (χ1) is 20.0. The van der Waals surface area contributed by atoms with E-state index >= 15 is 0 Å².